The number of fused-ring (bicyclic) bond motifs is 3. The van der Waals surface area contributed by atoms with Crippen molar-refractivity contribution in [2.75, 3.05) is 0 Å². The van der Waals surface area contributed by atoms with Crippen molar-refractivity contribution in [2.45, 2.75) is 17.8 Å². The maximum Gasteiger partial charge on any atom is 1.20 e. The zero-order valence-corrected chi connectivity index (χ0v) is 26.9. The van der Waals surface area contributed by atoms with Crippen LogP contribution in [0.1, 0.15) is 99.7 Å². The Kier molecular flexibility index (Phi) is 6.94. The molecule has 9 nitrogen and oxygen atoms in total. The lowest BCUT2D eigenvalue weighted by atomic mass is 9.83. The number of carbonyl (C=O) groups is 3. The Morgan fingerprint density at radius 1 is 0.367 bits per heavy atom. The number of hydrogen-bond donors (Lipinski definition) is 0. The molecule has 7 heterocycles. The number of pyridine rings is 3. The molecule has 10 rings (SSSR count). The summed E-state index contributed by atoms with van der Waals surface area (Å²) in [5.41, 5.74) is 6.25. The van der Waals surface area contributed by atoms with E-state index < -0.39 is 50.8 Å². The average Bonchev–Trinajstić information content (AvgIpc) is 3.12. The minimum Gasteiger partial charge on any atom is -0.547 e. The molecule has 0 N–H and O–H groups in total. The molecule has 3 aromatic carbocycles. The van der Waals surface area contributed by atoms with Gasteiger partial charge in [0.2, 0.25) is 0 Å². The first-order valence-corrected chi connectivity index (χ1v) is 17.2. The molecule has 0 fully saturated rings. The van der Waals surface area contributed by atoms with Crippen molar-refractivity contribution in [2.24, 2.45) is 0 Å². The van der Waals surface area contributed by atoms with Gasteiger partial charge in [-0.05, 0) is 71.3 Å². The first-order valence-electron chi connectivity index (χ1n) is 15.8. The normalized spacial score (nSPS) is 19.0. The van der Waals surface area contributed by atoms with E-state index in [1.54, 1.807) is 36.4 Å². The van der Waals surface area contributed by atoms with Gasteiger partial charge in [0.15, 0.2) is 0 Å². The quantitative estimate of drug-likeness (QED) is 0.176. The summed E-state index contributed by atoms with van der Waals surface area (Å²) in [6, 6.07) is 38.4. The summed E-state index contributed by atoms with van der Waals surface area (Å²) in [5, 5.41) is 0. The van der Waals surface area contributed by atoms with Crippen LogP contribution in [0.4, 0.5) is 0 Å². The lowest BCUT2D eigenvalue weighted by molar-refractivity contribution is 0.0409. The summed E-state index contributed by atoms with van der Waals surface area (Å²) < 4.78 is 17.7. The van der Waals surface area contributed by atoms with Crippen molar-refractivity contribution in [3.63, 3.8) is 0 Å². The molecule has 3 aromatic heterocycles. The second kappa shape index (κ2) is 11.6. The maximum absolute atomic E-state index is 14.1. The Labute approximate surface area is 285 Å². The molecule has 0 radical (unpaired) electrons. The Bertz CT molecular complexity index is 2030. The van der Waals surface area contributed by atoms with Gasteiger partial charge >= 0.3 is 33.1 Å². The molecular formula is C39H24AlN3O6. The summed E-state index contributed by atoms with van der Waals surface area (Å²) in [6.07, 6.45) is 0. The van der Waals surface area contributed by atoms with E-state index in [2.05, 4.69) is 0 Å². The van der Waals surface area contributed by atoms with Gasteiger partial charge in [0, 0.05) is 0 Å². The fraction of sp³-hybridized carbons (Fsp3) is 0.0769. The number of hydrogen-bond acceptors (Lipinski definition) is 9. The molecule has 0 amide bonds. The van der Waals surface area contributed by atoms with Crippen LogP contribution in [0.5, 0.6) is 0 Å². The molecule has 10 bridgehead atoms. The predicted octanol–water partition coefficient (Wildman–Crippen LogP) is 6.21. The van der Waals surface area contributed by atoms with Crippen LogP contribution in [0.15, 0.2) is 127 Å². The van der Waals surface area contributed by atoms with E-state index in [-0.39, 0.29) is 16.7 Å². The lowest BCUT2D eigenvalue weighted by Gasteiger charge is -2.28. The number of benzene rings is 3. The van der Waals surface area contributed by atoms with Gasteiger partial charge in [-0.15, -0.1) is 0 Å². The van der Waals surface area contributed by atoms with E-state index in [1.807, 2.05) is 91.0 Å². The predicted molar refractivity (Wildman–Crippen MR) is 177 cm³/mol. The number of aromatic nitrogens is 3. The van der Waals surface area contributed by atoms with Crippen molar-refractivity contribution in [1.29, 1.82) is 0 Å². The van der Waals surface area contributed by atoms with E-state index in [4.69, 9.17) is 26.3 Å². The highest BCUT2D eigenvalue weighted by atomic mass is 27.3. The Hall–Kier alpha value is -5.95. The molecule has 49 heavy (non-hydrogen) atoms. The van der Waals surface area contributed by atoms with Gasteiger partial charge in [0.05, 0.1) is 68.6 Å². The molecule has 4 aliphatic heterocycles. The molecule has 0 saturated carbocycles. The summed E-state index contributed by atoms with van der Waals surface area (Å²) >= 11 is -3.84. The first kappa shape index (κ1) is 29.2. The third-order valence-corrected chi connectivity index (χ3v) is 10.5. The third kappa shape index (κ3) is 4.92. The van der Waals surface area contributed by atoms with Crippen molar-refractivity contribution in [3.8, 4) is 0 Å². The molecule has 0 aliphatic carbocycles. The smallest absolute Gasteiger partial charge is 0.547 e. The Morgan fingerprint density at radius 3 is 0.918 bits per heavy atom. The van der Waals surface area contributed by atoms with Crippen LogP contribution in [0, 0.1) is 0 Å². The topological polar surface area (TPSA) is 118 Å². The molecule has 0 unspecified atom stereocenters. The fourth-order valence-corrected chi connectivity index (χ4v) is 8.16. The van der Waals surface area contributed by atoms with E-state index in [0.717, 1.165) is 0 Å². The first-order chi connectivity index (χ1) is 24.0. The van der Waals surface area contributed by atoms with Crippen molar-refractivity contribution in [3.05, 3.63) is 195 Å². The summed E-state index contributed by atoms with van der Waals surface area (Å²) in [5.74, 6) is -4.18. The van der Waals surface area contributed by atoms with E-state index in [0.29, 0.717) is 50.9 Å². The van der Waals surface area contributed by atoms with Crippen LogP contribution in [0.2, 0.25) is 0 Å². The molecule has 4 aliphatic rings. The number of carbonyl (C=O) groups excluding carboxylic acids is 3. The van der Waals surface area contributed by atoms with Gasteiger partial charge < -0.3 is 11.4 Å². The second-order valence-corrected chi connectivity index (χ2v) is 13.3. The highest BCUT2D eigenvalue weighted by Crippen LogP contribution is 2.41. The molecule has 6 aromatic rings. The van der Waals surface area contributed by atoms with Crippen LogP contribution in [-0.4, -0.2) is 48.0 Å². The van der Waals surface area contributed by atoms with Crippen LogP contribution >= 0.6 is 0 Å². The highest BCUT2D eigenvalue weighted by Gasteiger charge is 2.51. The molecule has 0 atom stereocenters. The molecular weight excluding hydrogens is 633 g/mol. The Morgan fingerprint density at radius 2 is 0.633 bits per heavy atom. The van der Waals surface area contributed by atoms with E-state index in [9.17, 15) is 14.4 Å². The molecule has 10 heteroatoms. The van der Waals surface area contributed by atoms with Crippen LogP contribution in [-0.2, 0) is 11.4 Å². The van der Waals surface area contributed by atoms with Crippen molar-refractivity contribution in [1.82, 2.24) is 15.0 Å². The maximum atomic E-state index is 14.1. The van der Waals surface area contributed by atoms with Crippen LogP contribution < -0.4 is 0 Å². The summed E-state index contributed by atoms with van der Waals surface area (Å²) in [7, 11) is 0. The van der Waals surface area contributed by atoms with Gasteiger partial charge in [-0.25, -0.2) is 14.4 Å². The minimum atomic E-state index is -3.84. The van der Waals surface area contributed by atoms with Gasteiger partial charge in [-0.1, -0.05) is 72.8 Å². The third-order valence-electron chi connectivity index (χ3n) is 9.24. The summed E-state index contributed by atoms with van der Waals surface area (Å²) in [6.45, 7) is 0. The van der Waals surface area contributed by atoms with Crippen LogP contribution in [0.25, 0.3) is 0 Å². The van der Waals surface area contributed by atoms with Crippen LogP contribution in [0.3, 0.4) is 0 Å². The number of rotatable bonds is 0. The van der Waals surface area contributed by atoms with Gasteiger partial charge in [-0.2, -0.15) is 0 Å². The molecule has 234 valence electrons. The minimum absolute atomic E-state index is 0.207. The van der Waals surface area contributed by atoms with Crippen molar-refractivity contribution >= 4 is 33.1 Å². The van der Waals surface area contributed by atoms with E-state index in [1.165, 1.54) is 0 Å². The highest BCUT2D eigenvalue weighted by molar-refractivity contribution is 6.45. The zero-order valence-electron chi connectivity index (χ0n) is 25.7. The SMILES string of the molecule is O=C1[O][Al]2[O]C(=O)c3ccccc3C3c4cccc(n4)C(c4cccc(n4)C(c4cccc3n4)c3ccccc3C(=O)[O]2)c2ccccc21. The van der Waals surface area contributed by atoms with Gasteiger partial charge in [0.1, 0.15) is 0 Å². The standard InChI is InChI=1S/C39H27N3O6.Al/c43-37(44)25-13-4-1-10-22(25)34-28-16-7-18-30(40-28)35(23-11-2-5-14-26(23)38(45)46)32-20-9-21-33(42-32)36(31-19-8-17-29(34)41-31)24-12-3-6-15-27(24)39(47)48;/h1-21,34-36H,(H,43,44)(H,45,46)(H,47,48);/q;+3/p-3. The monoisotopic (exact) mass is 657 g/mol. The second-order valence-electron chi connectivity index (χ2n) is 12.0. The zero-order chi connectivity index (χ0) is 33.1. The molecule has 0 saturated heterocycles. The Balaban J connectivity index is 1.48. The molecule has 0 spiro atoms. The number of nitrogens with zero attached hydrogens (tertiary/aromatic N) is 3. The van der Waals surface area contributed by atoms with Gasteiger partial charge in [0.25, 0.3) is 0 Å². The lowest BCUT2D eigenvalue weighted by Crippen LogP contribution is -2.36. The average molecular weight is 658 g/mol. The van der Waals surface area contributed by atoms with Gasteiger partial charge in [-0.3, -0.25) is 15.0 Å². The fourth-order valence-electron chi connectivity index (χ4n) is 7.11. The van der Waals surface area contributed by atoms with E-state index >= 15 is 0 Å². The largest absolute Gasteiger partial charge is 1.20 e. The summed E-state index contributed by atoms with van der Waals surface area (Å²) in [4.78, 5) is 58.0. The van der Waals surface area contributed by atoms with Crippen molar-refractivity contribution < 1.29 is 25.7 Å².